The van der Waals surface area contributed by atoms with Crippen LogP contribution in [0.4, 0.5) is 0 Å². The zero-order valence-corrected chi connectivity index (χ0v) is 61.0. The Bertz CT molecular complexity index is 2100. The summed E-state index contributed by atoms with van der Waals surface area (Å²) in [4.78, 5) is 0. The van der Waals surface area contributed by atoms with Crippen molar-refractivity contribution in [3.63, 3.8) is 0 Å². The molecule has 1 aliphatic rings. The van der Waals surface area contributed by atoms with Gasteiger partial charge in [0, 0.05) is 0 Å². The molecule has 0 bridgehead atoms. The molecule has 1 fully saturated rings. The molecule has 1 rings (SSSR count). The van der Waals surface area contributed by atoms with Gasteiger partial charge in [-0.15, -0.1) is 0 Å². The summed E-state index contributed by atoms with van der Waals surface area (Å²) in [6.45, 7) is -6.33. The van der Waals surface area contributed by atoms with E-state index >= 15 is 0 Å². The molecule has 1 heterocycles. The van der Waals surface area contributed by atoms with Crippen molar-refractivity contribution < 1.29 is 434 Å². The first-order chi connectivity index (χ1) is 25.0. The second-order valence-electron chi connectivity index (χ2n) is 9.07. The topological polar surface area (TPSA) is 655 Å². The summed E-state index contributed by atoms with van der Waals surface area (Å²) in [7, 11) is -38.8. The minimum Gasteiger partial charge on any atom is -0.870 e. The molecule has 12 atom stereocenters. The van der Waals surface area contributed by atoms with Gasteiger partial charge in [0.15, 0.2) is 12.4 Å². The van der Waals surface area contributed by atoms with E-state index in [4.69, 9.17) is 9.47 Å². The van der Waals surface area contributed by atoms with Crippen LogP contribution in [0.2, 0.25) is 0 Å². The molecule has 1 aliphatic heterocycles. The standard InChI is InChI=1S/C12H24O35S9.9Na.3H2O/c13-48(14)37-1-4-8(42-50(17)18)10(46-55(31,32)33)11(47-56(34,35)36)12(40-4)41-7(5(2-38-49(15)16)43-52(22,23)24)9(45-54(28,29)30)6(44-53(25,26)27)3-39-51(19,20)21;;;;;;;;;;;;/h4-12H,1-3H2,(H,13,14)(H,15,16)(H,17,18)(H,19,20,21)(H,22,23,24)(H,25,26,27)(H,28,29,30)(H,31,32,33)(H,34,35,36);;;;;;;;;;3*1H2/q;9*+1;;;/p-12/t4-,5+,6-,7-,8-,9-,10+,11-,12+;;;;;;;;;;;;/m1............/s1. The van der Waals surface area contributed by atoms with Gasteiger partial charge in [-0.1, -0.05) is 0 Å². The van der Waals surface area contributed by atoms with E-state index < -0.39 is 171 Å². The third kappa shape index (κ3) is 50.0. The van der Waals surface area contributed by atoms with Crippen LogP contribution >= 0.6 is 0 Å². The molecule has 0 spiro atoms. The molecule has 360 valence electrons. The van der Waals surface area contributed by atoms with Gasteiger partial charge < -0.3 is 66.9 Å². The number of rotatable bonds is 26. The Morgan fingerprint density at radius 3 is 1.15 bits per heavy atom. The second-order valence-corrected chi connectivity index (χ2v) is 17.1. The van der Waals surface area contributed by atoms with Crippen LogP contribution in [0.1, 0.15) is 0 Å². The molecular formula is C12H18Na9O38S9-3. The van der Waals surface area contributed by atoms with E-state index in [0.29, 0.717) is 0 Å². The molecule has 0 aromatic carbocycles. The van der Waals surface area contributed by atoms with E-state index in [9.17, 15) is 104 Å². The van der Waals surface area contributed by atoms with Crippen LogP contribution in [0.5, 0.6) is 0 Å². The van der Waals surface area contributed by atoms with E-state index in [1.54, 1.807) is 0 Å². The molecule has 3 N–H and O–H groups in total. The number of ether oxygens (including phenoxy) is 2. The smallest absolute Gasteiger partial charge is 0.870 e. The third-order valence-corrected chi connectivity index (χ3v) is 9.13. The van der Waals surface area contributed by atoms with Crippen molar-refractivity contribution in [1.29, 1.82) is 0 Å². The van der Waals surface area contributed by atoms with Gasteiger partial charge >= 0.3 is 266 Å². The maximum atomic E-state index is 11.8. The zero-order valence-electron chi connectivity index (χ0n) is 35.6. The minimum absolute atomic E-state index is 0. The van der Waals surface area contributed by atoms with Crippen LogP contribution in [0.25, 0.3) is 0 Å². The fourth-order valence-electron chi connectivity index (χ4n) is 3.86. The van der Waals surface area contributed by atoms with E-state index in [0.717, 1.165) is 0 Å². The third-order valence-electron chi connectivity index (χ3n) is 5.33. The summed E-state index contributed by atoms with van der Waals surface area (Å²) in [5.74, 6) is 0. The first-order valence-electron chi connectivity index (χ1n) is 12.3. The predicted octanol–water partition coefficient (Wildman–Crippen LogP) is -36.9. The van der Waals surface area contributed by atoms with Crippen LogP contribution in [0, 0.1) is 0 Å². The Balaban J connectivity index is -0.000000261. The molecule has 0 aromatic heterocycles. The average molecular weight is 1270 g/mol. The molecule has 56 heteroatoms. The summed E-state index contributed by atoms with van der Waals surface area (Å²) in [6, 6.07) is 0. The van der Waals surface area contributed by atoms with Crippen LogP contribution in [0.3, 0.4) is 0 Å². The van der Waals surface area contributed by atoms with E-state index in [1.807, 2.05) is 0 Å². The van der Waals surface area contributed by atoms with Crippen LogP contribution in [-0.4, -0.2) is 195 Å². The molecule has 0 radical (unpaired) electrons. The van der Waals surface area contributed by atoms with Crippen molar-refractivity contribution in [3.8, 4) is 0 Å². The van der Waals surface area contributed by atoms with Gasteiger partial charge in [-0.25, -0.2) is 63.1 Å². The van der Waals surface area contributed by atoms with Gasteiger partial charge in [0.2, 0.25) is 62.4 Å². The van der Waals surface area contributed by atoms with Crippen LogP contribution in [-0.2, 0) is 144 Å². The Kier molecular flexibility index (Phi) is 71.8. The first kappa shape index (κ1) is 105. The van der Waals surface area contributed by atoms with Crippen molar-refractivity contribution in [3.05, 3.63) is 0 Å². The molecule has 3 unspecified atom stereocenters. The van der Waals surface area contributed by atoms with Gasteiger partial charge in [-0.05, 0) is 0 Å². The summed E-state index contributed by atoms with van der Waals surface area (Å²) >= 11 is -11.7. The van der Waals surface area contributed by atoms with Crippen molar-refractivity contribution in [2.24, 2.45) is 0 Å². The van der Waals surface area contributed by atoms with Crippen LogP contribution < -0.4 is 266 Å². The molecule has 0 aromatic rings. The van der Waals surface area contributed by atoms with Crippen LogP contribution in [0.15, 0.2) is 0 Å². The quantitative estimate of drug-likeness (QED) is 0.0336. The van der Waals surface area contributed by atoms with Crippen molar-refractivity contribution in [1.82, 2.24) is 0 Å². The van der Waals surface area contributed by atoms with Gasteiger partial charge in [0.05, 0.1) is 53.9 Å². The molecule has 1 saturated heterocycles. The van der Waals surface area contributed by atoms with Crippen molar-refractivity contribution >= 4 is 96.5 Å². The first-order valence-corrected chi connectivity index (χ1v) is 23.3. The summed E-state index contributed by atoms with van der Waals surface area (Å²) < 4.78 is 320. The Labute approximate surface area is 593 Å². The van der Waals surface area contributed by atoms with Gasteiger partial charge in [-0.3, -0.25) is 37.6 Å². The van der Waals surface area contributed by atoms with Crippen molar-refractivity contribution in [2.75, 3.05) is 19.8 Å². The fourth-order valence-corrected chi connectivity index (χ4v) is 7.47. The van der Waals surface area contributed by atoms with E-state index in [-0.39, 0.29) is 282 Å². The van der Waals surface area contributed by atoms with Gasteiger partial charge in [-0.2, -0.15) is 0 Å². The SMILES string of the molecule is O=S([O-])OC[C@H](OS(=O)(=O)[O-])[C@@H](O[C@@H]1O[C@H](COS(=O)[O-])[C@@H](OS(=O)[O-])[C@H](OS(=O)(=O)[O-])[C@H]1OS(=O)(=O)[O-])[C@H](OS(=O)(=O)[O-])[C@@H](COS(=O)(=O)[O-])OS(=O)(=O)[O-].[Na+].[Na+].[Na+].[Na+].[Na+].[Na+].[Na+].[Na+].[Na+].[OH-].[OH-].[OH-]. The normalized spacial score (nSPS) is 21.2. The molecule has 38 nitrogen and oxygen atoms in total. The number of hydrogen-bond acceptors (Lipinski definition) is 38. The Morgan fingerprint density at radius 2 is 0.824 bits per heavy atom. The molecule has 68 heavy (non-hydrogen) atoms. The molecule has 0 aliphatic carbocycles. The number of hydrogen-bond donors (Lipinski definition) is 0. The molecule has 0 amide bonds. The molecule has 0 saturated carbocycles. The van der Waals surface area contributed by atoms with E-state index in [2.05, 4.69) is 37.6 Å². The zero-order chi connectivity index (χ0) is 43.8. The maximum absolute atomic E-state index is 11.8. The second kappa shape index (κ2) is 46.7. The largest absolute Gasteiger partial charge is 1.00 e. The summed E-state index contributed by atoms with van der Waals surface area (Å²) in [6.07, 6.45) is -30.9. The monoisotopic (exact) mass is 1260 g/mol. The molecular weight excluding hydrogens is 1250 g/mol. The van der Waals surface area contributed by atoms with Gasteiger partial charge in [0.1, 0.15) is 42.7 Å². The van der Waals surface area contributed by atoms with E-state index in [1.165, 1.54) is 0 Å². The maximum Gasteiger partial charge on any atom is 1.00 e. The summed E-state index contributed by atoms with van der Waals surface area (Å²) in [5.41, 5.74) is 0. The minimum atomic E-state index is -6.68. The Morgan fingerprint density at radius 1 is 0.456 bits per heavy atom. The Hall–Kier alpha value is 8.23. The average Bonchev–Trinajstić information content (AvgIpc) is 2.93. The predicted molar refractivity (Wildman–Crippen MR) is 151 cm³/mol. The summed E-state index contributed by atoms with van der Waals surface area (Å²) in [5, 5.41) is 0. The van der Waals surface area contributed by atoms with Crippen molar-refractivity contribution in [2.45, 2.75) is 55.1 Å². The fraction of sp³-hybridized carbons (Fsp3) is 1.00. The van der Waals surface area contributed by atoms with Gasteiger partial charge in [0.25, 0.3) is 0 Å².